The zero-order valence-electron chi connectivity index (χ0n) is 13.4. The molecule has 122 valence electrons. The Hall–Kier alpha value is -1.73. The third-order valence-corrected chi connectivity index (χ3v) is 4.37. The van der Waals surface area contributed by atoms with Gasteiger partial charge in [0.15, 0.2) is 12.4 Å². The van der Waals surface area contributed by atoms with Crippen molar-refractivity contribution in [2.75, 3.05) is 6.61 Å². The molecule has 6 nitrogen and oxygen atoms in total. The van der Waals surface area contributed by atoms with Crippen molar-refractivity contribution in [1.29, 1.82) is 0 Å². The highest BCUT2D eigenvalue weighted by Gasteiger charge is 2.23. The summed E-state index contributed by atoms with van der Waals surface area (Å²) in [5.74, 6) is -0.984. The summed E-state index contributed by atoms with van der Waals surface area (Å²) in [5, 5.41) is 5.14. The Kier molecular flexibility index (Phi) is 5.14. The quantitative estimate of drug-likeness (QED) is 0.848. The van der Waals surface area contributed by atoms with Crippen LogP contribution >= 0.6 is 0 Å². The standard InChI is InChI=1S/C15H21NO5S/c1-9-6-11(7-12(10(9)2)22(16,19)20)14(18)21-8-13(17)15(3,4)5/h6-7H,8H2,1-5H3,(H2,16,19,20). The largest absolute Gasteiger partial charge is 0.454 e. The molecule has 0 fully saturated rings. The van der Waals surface area contributed by atoms with Gasteiger partial charge in [-0.2, -0.15) is 0 Å². The minimum absolute atomic E-state index is 0.0498. The summed E-state index contributed by atoms with van der Waals surface area (Å²) in [6, 6.07) is 2.68. The van der Waals surface area contributed by atoms with Crippen molar-refractivity contribution in [2.45, 2.75) is 39.5 Å². The van der Waals surface area contributed by atoms with Crippen LogP contribution in [0, 0.1) is 19.3 Å². The van der Waals surface area contributed by atoms with E-state index in [2.05, 4.69) is 0 Å². The normalized spacial score (nSPS) is 12.1. The van der Waals surface area contributed by atoms with Crippen LogP contribution in [0.1, 0.15) is 42.3 Å². The third kappa shape index (κ3) is 4.38. The first-order valence-corrected chi connectivity index (χ1v) is 8.23. The van der Waals surface area contributed by atoms with Crippen LogP contribution < -0.4 is 5.14 Å². The van der Waals surface area contributed by atoms with E-state index >= 15 is 0 Å². The van der Waals surface area contributed by atoms with E-state index in [1.807, 2.05) is 0 Å². The van der Waals surface area contributed by atoms with E-state index in [9.17, 15) is 18.0 Å². The zero-order valence-corrected chi connectivity index (χ0v) is 14.2. The van der Waals surface area contributed by atoms with Crippen LogP contribution in [0.25, 0.3) is 0 Å². The van der Waals surface area contributed by atoms with Crippen LogP contribution in [0.15, 0.2) is 17.0 Å². The van der Waals surface area contributed by atoms with Crippen LogP contribution in [0.3, 0.4) is 0 Å². The number of esters is 1. The Morgan fingerprint density at radius 2 is 1.73 bits per heavy atom. The molecule has 22 heavy (non-hydrogen) atoms. The molecule has 0 bridgehead atoms. The number of carbonyl (C=O) groups excluding carboxylic acids is 2. The summed E-state index contributed by atoms with van der Waals surface area (Å²) < 4.78 is 28.1. The van der Waals surface area contributed by atoms with E-state index in [4.69, 9.17) is 9.88 Å². The van der Waals surface area contributed by atoms with Gasteiger partial charge in [0.25, 0.3) is 0 Å². The molecular formula is C15H21NO5S. The smallest absolute Gasteiger partial charge is 0.338 e. The topological polar surface area (TPSA) is 104 Å². The fourth-order valence-corrected chi connectivity index (χ4v) is 2.55. The maximum absolute atomic E-state index is 12.0. The van der Waals surface area contributed by atoms with Crippen LogP contribution in [0.2, 0.25) is 0 Å². The molecule has 0 aromatic heterocycles. The van der Waals surface area contributed by atoms with Gasteiger partial charge in [-0.05, 0) is 37.1 Å². The molecule has 1 aromatic carbocycles. The second-order valence-corrected chi connectivity index (χ2v) is 7.74. The Morgan fingerprint density at radius 1 is 1.18 bits per heavy atom. The van der Waals surface area contributed by atoms with Gasteiger partial charge in [0.05, 0.1) is 10.5 Å². The Bertz CT molecular complexity index is 714. The number of primary sulfonamides is 1. The Labute approximate surface area is 130 Å². The number of nitrogens with two attached hydrogens (primary N) is 1. The number of aryl methyl sites for hydroxylation is 1. The number of ether oxygens (including phenoxy) is 1. The fourth-order valence-electron chi connectivity index (χ4n) is 1.67. The van der Waals surface area contributed by atoms with Crippen molar-refractivity contribution in [3.05, 3.63) is 28.8 Å². The van der Waals surface area contributed by atoms with Crippen molar-refractivity contribution in [3.63, 3.8) is 0 Å². The minimum Gasteiger partial charge on any atom is -0.454 e. The van der Waals surface area contributed by atoms with Crippen LogP contribution in [-0.2, 0) is 19.6 Å². The third-order valence-electron chi connectivity index (χ3n) is 3.33. The van der Waals surface area contributed by atoms with E-state index < -0.39 is 21.4 Å². The Morgan fingerprint density at radius 3 is 2.18 bits per heavy atom. The molecule has 0 atom stereocenters. The fraction of sp³-hybridized carbons (Fsp3) is 0.467. The first-order valence-electron chi connectivity index (χ1n) is 6.68. The van der Waals surface area contributed by atoms with E-state index in [-0.39, 0.29) is 22.8 Å². The summed E-state index contributed by atoms with van der Waals surface area (Å²) in [7, 11) is -3.94. The predicted molar refractivity (Wildman–Crippen MR) is 82.0 cm³/mol. The van der Waals surface area contributed by atoms with Crippen LogP contribution in [-0.4, -0.2) is 26.8 Å². The number of sulfonamides is 1. The van der Waals surface area contributed by atoms with Crippen molar-refractivity contribution in [2.24, 2.45) is 10.6 Å². The molecule has 0 saturated carbocycles. The predicted octanol–water partition coefficient (Wildman–Crippen LogP) is 1.72. The number of Topliss-reactive ketones (excluding diaryl/α,β-unsaturated/α-hetero) is 1. The lowest BCUT2D eigenvalue weighted by molar-refractivity contribution is -0.129. The van der Waals surface area contributed by atoms with E-state index in [0.717, 1.165) is 0 Å². The van der Waals surface area contributed by atoms with Crippen LogP contribution in [0.4, 0.5) is 0 Å². The van der Waals surface area contributed by atoms with Gasteiger partial charge >= 0.3 is 5.97 Å². The molecule has 0 aliphatic heterocycles. The SMILES string of the molecule is Cc1cc(C(=O)OCC(=O)C(C)(C)C)cc(S(N)(=O)=O)c1C. The van der Waals surface area contributed by atoms with Gasteiger partial charge in [0, 0.05) is 5.41 Å². The van der Waals surface area contributed by atoms with Crippen molar-refractivity contribution >= 4 is 21.8 Å². The van der Waals surface area contributed by atoms with Gasteiger partial charge in [-0.15, -0.1) is 0 Å². The first kappa shape index (κ1) is 18.3. The summed E-state index contributed by atoms with van der Waals surface area (Å²) in [6.07, 6.45) is 0. The number of carbonyl (C=O) groups is 2. The van der Waals surface area contributed by atoms with E-state index in [1.54, 1.807) is 34.6 Å². The van der Waals surface area contributed by atoms with Gasteiger partial charge in [0.1, 0.15) is 0 Å². The zero-order chi connectivity index (χ0) is 17.3. The molecule has 0 heterocycles. The minimum atomic E-state index is -3.94. The Balaban J connectivity index is 3.06. The van der Waals surface area contributed by atoms with Crippen molar-refractivity contribution in [1.82, 2.24) is 0 Å². The molecule has 0 spiro atoms. The molecule has 0 saturated heterocycles. The average molecular weight is 327 g/mol. The van der Waals surface area contributed by atoms with Gasteiger partial charge in [0.2, 0.25) is 10.0 Å². The second-order valence-electron chi connectivity index (χ2n) is 6.21. The molecule has 1 rings (SSSR count). The maximum Gasteiger partial charge on any atom is 0.338 e. The number of benzene rings is 1. The summed E-state index contributed by atoms with van der Waals surface area (Å²) in [4.78, 5) is 23.6. The van der Waals surface area contributed by atoms with Gasteiger partial charge in [-0.1, -0.05) is 20.8 Å². The van der Waals surface area contributed by atoms with Crippen LogP contribution in [0.5, 0.6) is 0 Å². The molecule has 7 heteroatoms. The second kappa shape index (κ2) is 6.18. The number of rotatable bonds is 4. The lowest BCUT2D eigenvalue weighted by Crippen LogP contribution is -2.26. The van der Waals surface area contributed by atoms with Crippen molar-refractivity contribution < 1.29 is 22.7 Å². The van der Waals surface area contributed by atoms with E-state index in [1.165, 1.54) is 12.1 Å². The van der Waals surface area contributed by atoms with Gasteiger partial charge < -0.3 is 4.74 Å². The molecule has 0 aliphatic rings. The molecule has 0 aliphatic carbocycles. The monoisotopic (exact) mass is 327 g/mol. The summed E-state index contributed by atoms with van der Waals surface area (Å²) >= 11 is 0. The van der Waals surface area contributed by atoms with Gasteiger partial charge in [-0.3, -0.25) is 4.79 Å². The molecular weight excluding hydrogens is 306 g/mol. The molecule has 2 N–H and O–H groups in total. The summed E-state index contributed by atoms with van der Waals surface area (Å²) in [5.41, 5.74) is 0.508. The first-order chi connectivity index (χ1) is 9.84. The molecule has 0 unspecified atom stereocenters. The lowest BCUT2D eigenvalue weighted by Gasteiger charge is -2.16. The van der Waals surface area contributed by atoms with Gasteiger partial charge in [-0.25, -0.2) is 18.4 Å². The summed E-state index contributed by atoms with van der Waals surface area (Å²) in [6.45, 7) is 8.07. The number of hydrogen-bond donors (Lipinski definition) is 1. The average Bonchev–Trinajstić information content (AvgIpc) is 2.35. The maximum atomic E-state index is 12.0. The number of hydrogen-bond acceptors (Lipinski definition) is 5. The van der Waals surface area contributed by atoms with Crippen molar-refractivity contribution in [3.8, 4) is 0 Å². The highest BCUT2D eigenvalue weighted by Crippen LogP contribution is 2.21. The molecule has 0 radical (unpaired) electrons. The number of ketones is 1. The molecule has 0 amide bonds. The van der Waals surface area contributed by atoms with E-state index in [0.29, 0.717) is 11.1 Å². The lowest BCUT2D eigenvalue weighted by atomic mass is 9.91. The highest BCUT2D eigenvalue weighted by molar-refractivity contribution is 7.89. The molecule has 1 aromatic rings. The highest BCUT2D eigenvalue weighted by atomic mass is 32.2.